The summed E-state index contributed by atoms with van der Waals surface area (Å²) in [5, 5.41) is 9.09. The quantitative estimate of drug-likeness (QED) is 0.695. The van der Waals surface area contributed by atoms with Crippen LogP contribution in [0.2, 0.25) is 0 Å². The highest BCUT2D eigenvalue weighted by molar-refractivity contribution is 6.06. The van der Waals surface area contributed by atoms with Crippen molar-refractivity contribution in [3.05, 3.63) is 83.9 Å². The second-order valence-corrected chi connectivity index (χ2v) is 6.19. The number of carbonyl (C=O) groups excluding carboxylic acids is 1. The number of hydrogen-bond donors (Lipinski definition) is 0. The zero-order valence-electron chi connectivity index (χ0n) is 14.6. The predicted molar refractivity (Wildman–Crippen MR) is 98.8 cm³/mol. The van der Waals surface area contributed by atoms with Crippen LogP contribution < -0.4 is 4.90 Å². The van der Waals surface area contributed by atoms with Gasteiger partial charge in [-0.1, -0.05) is 6.07 Å². The highest BCUT2D eigenvalue weighted by Crippen LogP contribution is 2.23. The summed E-state index contributed by atoms with van der Waals surface area (Å²) >= 11 is 0. The summed E-state index contributed by atoms with van der Waals surface area (Å²) in [7, 11) is 0. The van der Waals surface area contributed by atoms with E-state index < -0.39 is 5.82 Å². The summed E-state index contributed by atoms with van der Waals surface area (Å²) in [6.07, 6.45) is 3.49. The molecular weight excluding hydrogens is 329 g/mol. The second-order valence-electron chi connectivity index (χ2n) is 6.19. The zero-order chi connectivity index (χ0) is 18.7. The second kappa shape index (κ2) is 7.24. The normalized spacial score (nSPS) is 10.6. The van der Waals surface area contributed by atoms with E-state index >= 15 is 0 Å². The predicted octanol–water partition coefficient (Wildman–Crippen LogP) is 4.54. The summed E-state index contributed by atoms with van der Waals surface area (Å²) in [6, 6.07) is 16.8. The van der Waals surface area contributed by atoms with Crippen LogP contribution in [-0.2, 0) is 0 Å². The molecule has 0 aliphatic heterocycles. The van der Waals surface area contributed by atoms with Crippen LogP contribution in [0, 0.1) is 17.1 Å². The van der Waals surface area contributed by atoms with Gasteiger partial charge in [0, 0.05) is 29.7 Å². The third-order valence-electron chi connectivity index (χ3n) is 4.07. The van der Waals surface area contributed by atoms with Crippen LogP contribution in [0.15, 0.2) is 67.0 Å². The lowest BCUT2D eigenvalue weighted by Crippen LogP contribution is -2.37. The lowest BCUT2D eigenvalue weighted by Gasteiger charge is -2.27. The molecule has 1 amide bonds. The molecule has 2 aromatic carbocycles. The van der Waals surface area contributed by atoms with Crippen molar-refractivity contribution in [1.29, 1.82) is 5.26 Å². The van der Waals surface area contributed by atoms with Crippen LogP contribution in [0.1, 0.15) is 29.8 Å². The van der Waals surface area contributed by atoms with E-state index in [9.17, 15) is 9.18 Å². The fourth-order valence-electron chi connectivity index (χ4n) is 2.86. The maximum atomic E-state index is 14.5. The van der Waals surface area contributed by atoms with E-state index in [0.717, 1.165) is 0 Å². The molecule has 26 heavy (non-hydrogen) atoms. The van der Waals surface area contributed by atoms with Gasteiger partial charge in [-0.25, -0.2) is 4.39 Å². The van der Waals surface area contributed by atoms with Crippen molar-refractivity contribution in [2.45, 2.75) is 19.9 Å². The molecule has 0 radical (unpaired) electrons. The fraction of sp³-hybridized carbons (Fsp3) is 0.143. The van der Waals surface area contributed by atoms with E-state index in [1.807, 2.05) is 13.8 Å². The SMILES string of the molecule is CC(C)N(C(=O)c1ccc(-n2cccc2)c(F)c1)c1cccc(C#N)c1. The van der Waals surface area contributed by atoms with Gasteiger partial charge in [0.25, 0.3) is 5.91 Å². The molecule has 0 aliphatic rings. The van der Waals surface area contributed by atoms with Crippen LogP contribution in [0.3, 0.4) is 0 Å². The highest BCUT2D eigenvalue weighted by Gasteiger charge is 2.22. The number of amides is 1. The number of nitrogens with zero attached hydrogens (tertiary/aromatic N) is 3. The molecule has 130 valence electrons. The van der Waals surface area contributed by atoms with Crippen LogP contribution in [0.25, 0.3) is 5.69 Å². The minimum atomic E-state index is -0.471. The number of aromatic nitrogens is 1. The molecule has 0 saturated heterocycles. The van der Waals surface area contributed by atoms with E-state index in [1.54, 1.807) is 70.4 Å². The molecule has 5 heteroatoms. The van der Waals surface area contributed by atoms with Gasteiger partial charge in [-0.3, -0.25) is 4.79 Å². The van der Waals surface area contributed by atoms with Crippen LogP contribution >= 0.6 is 0 Å². The zero-order valence-corrected chi connectivity index (χ0v) is 14.6. The lowest BCUT2D eigenvalue weighted by molar-refractivity contribution is 0.0980. The Morgan fingerprint density at radius 2 is 1.85 bits per heavy atom. The van der Waals surface area contributed by atoms with Crippen molar-refractivity contribution in [2.75, 3.05) is 4.90 Å². The fourth-order valence-corrected chi connectivity index (χ4v) is 2.86. The molecule has 3 aromatic rings. The monoisotopic (exact) mass is 347 g/mol. The van der Waals surface area contributed by atoms with Gasteiger partial charge in [0.15, 0.2) is 0 Å². The molecule has 3 rings (SSSR count). The van der Waals surface area contributed by atoms with Crippen molar-refractivity contribution in [3.8, 4) is 11.8 Å². The Morgan fingerprint density at radius 3 is 2.46 bits per heavy atom. The highest BCUT2D eigenvalue weighted by atomic mass is 19.1. The molecule has 0 fully saturated rings. The van der Waals surface area contributed by atoms with Gasteiger partial charge in [-0.05, 0) is 62.4 Å². The molecule has 0 N–H and O–H groups in total. The minimum Gasteiger partial charge on any atom is -0.321 e. The number of nitriles is 1. The molecule has 0 bridgehead atoms. The van der Waals surface area contributed by atoms with E-state index in [0.29, 0.717) is 16.9 Å². The summed E-state index contributed by atoms with van der Waals surface area (Å²) < 4.78 is 16.2. The molecule has 0 saturated carbocycles. The molecule has 0 aliphatic carbocycles. The smallest absolute Gasteiger partial charge is 0.258 e. The van der Waals surface area contributed by atoms with Crippen molar-refractivity contribution >= 4 is 11.6 Å². The Balaban J connectivity index is 1.98. The van der Waals surface area contributed by atoms with Crippen molar-refractivity contribution in [3.63, 3.8) is 0 Å². The first-order chi connectivity index (χ1) is 12.5. The first-order valence-corrected chi connectivity index (χ1v) is 8.28. The van der Waals surface area contributed by atoms with E-state index in [2.05, 4.69) is 6.07 Å². The lowest BCUT2D eigenvalue weighted by atomic mass is 10.1. The van der Waals surface area contributed by atoms with Crippen molar-refractivity contribution in [1.82, 2.24) is 4.57 Å². The van der Waals surface area contributed by atoms with E-state index in [4.69, 9.17) is 5.26 Å². The summed E-state index contributed by atoms with van der Waals surface area (Å²) in [5.74, 6) is -0.783. The van der Waals surface area contributed by atoms with E-state index in [1.165, 1.54) is 6.07 Å². The molecule has 0 spiro atoms. The van der Waals surface area contributed by atoms with Gasteiger partial charge in [-0.2, -0.15) is 5.26 Å². The molecule has 1 aromatic heterocycles. The summed E-state index contributed by atoms with van der Waals surface area (Å²) in [4.78, 5) is 14.6. The Kier molecular flexibility index (Phi) is 4.85. The summed E-state index contributed by atoms with van der Waals surface area (Å²) in [5.41, 5.74) is 1.72. The van der Waals surface area contributed by atoms with Gasteiger partial charge in [0.05, 0.1) is 17.3 Å². The van der Waals surface area contributed by atoms with Crippen LogP contribution in [0.4, 0.5) is 10.1 Å². The summed E-state index contributed by atoms with van der Waals surface area (Å²) in [6.45, 7) is 3.75. The van der Waals surface area contributed by atoms with E-state index in [-0.39, 0.29) is 17.5 Å². The molecule has 0 unspecified atom stereocenters. The maximum absolute atomic E-state index is 14.5. The molecule has 0 atom stereocenters. The van der Waals surface area contributed by atoms with Gasteiger partial charge in [0.1, 0.15) is 5.82 Å². The average Bonchev–Trinajstić information content (AvgIpc) is 3.16. The Hall–Kier alpha value is -3.39. The third kappa shape index (κ3) is 3.35. The van der Waals surface area contributed by atoms with Gasteiger partial charge < -0.3 is 9.47 Å². The topological polar surface area (TPSA) is 49.0 Å². The first-order valence-electron chi connectivity index (χ1n) is 8.28. The largest absolute Gasteiger partial charge is 0.321 e. The molecule has 4 nitrogen and oxygen atoms in total. The van der Waals surface area contributed by atoms with Gasteiger partial charge >= 0.3 is 0 Å². The molecular formula is C21H18FN3O. The standard InChI is InChI=1S/C21H18FN3O/c1-15(2)25(18-7-5-6-16(12-18)14-23)21(26)17-8-9-20(19(22)13-17)24-10-3-4-11-24/h3-13,15H,1-2H3. The third-order valence-corrected chi connectivity index (χ3v) is 4.07. The number of halogens is 1. The van der Waals surface area contributed by atoms with Crippen LogP contribution in [0.5, 0.6) is 0 Å². The number of anilines is 1. The first kappa shape index (κ1) is 17.4. The number of carbonyl (C=O) groups is 1. The Labute approximate surface area is 151 Å². The minimum absolute atomic E-state index is 0.149. The maximum Gasteiger partial charge on any atom is 0.258 e. The molecule has 1 heterocycles. The van der Waals surface area contributed by atoms with Gasteiger partial charge in [-0.15, -0.1) is 0 Å². The number of hydrogen-bond acceptors (Lipinski definition) is 2. The van der Waals surface area contributed by atoms with Crippen molar-refractivity contribution < 1.29 is 9.18 Å². The van der Waals surface area contributed by atoms with Crippen molar-refractivity contribution in [2.24, 2.45) is 0 Å². The Morgan fingerprint density at radius 1 is 1.12 bits per heavy atom. The Bertz CT molecular complexity index is 971. The number of rotatable bonds is 4. The average molecular weight is 347 g/mol. The van der Waals surface area contributed by atoms with Crippen LogP contribution in [-0.4, -0.2) is 16.5 Å². The number of benzene rings is 2. The van der Waals surface area contributed by atoms with Gasteiger partial charge in [0.2, 0.25) is 0 Å².